The third-order valence-electron chi connectivity index (χ3n) is 1.05. The van der Waals surface area contributed by atoms with Crippen LogP contribution in [0.5, 0.6) is 0 Å². The molecule has 12 heavy (non-hydrogen) atoms. The molecule has 6 heteroatoms. The molecule has 0 heterocycles. The van der Waals surface area contributed by atoms with Crippen LogP contribution in [-0.2, 0) is 10.9 Å². The molecule has 0 amide bonds. The Hall–Kier alpha value is 0.868. The van der Waals surface area contributed by atoms with Gasteiger partial charge < -0.3 is 0 Å². The summed E-state index contributed by atoms with van der Waals surface area (Å²) in [7, 11) is 18.4. The minimum absolute atomic E-state index is 0.727. The van der Waals surface area contributed by atoms with Crippen LogP contribution in [0.2, 0.25) is 0 Å². The molecule has 69 valence electrons. The number of rotatable bonds is 2. The molecular weight excluding hydrogens is 324 g/mol. The average molecular weight is 330 g/mol. The van der Waals surface area contributed by atoms with Gasteiger partial charge in [-0.05, 0) is 0 Å². The average Bonchev–Trinajstić information content (AvgIpc) is 1.83. The Bertz CT molecular complexity index is 259. The summed E-state index contributed by atoms with van der Waals surface area (Å²) < 4.78 is 2.71. The molecule has 0 aliphatic heterocycles. The standard InChI is InChI=1S/C6H6N.4ClH.Mo/c7-6-4-2-1-3-5-6;;;;;/h1-5,7H;4*1H;/q-1;;;;;+5/p-4. The molecule has 0 radical (unpaired) electrons. The Kier molecular flexibility index (Phi) is 3.24. The predicted octanol–water partition coefficient (Wildman–Crippen LogP) is 4.32. The van der Waals surface area contributed by atoms with Crippen LogP contribution in [0.1, 0.15) is 0 Å². The number of benzene rings is 1. The van der Waals surface area contributed by atoms with E-state index in [1.165, 1.54) is 0 Å². The van der Waals surface area contributed by atoms with Crippen LogP contribution in [-0.4, -0.2) is 0 Å². The van der Waals surface area contributed by atoms with Gasteiger partial charge in [0.1, 0.15) is 0 Å². The molecule has 1 nitrogen and oxygen atoms in total. The zero-order valence-corrected chi connectivity index (χ0v) is 10.8. The summed E-state index contributed by atoms with van der Waals surface area (Å²) in [5.74, 6) is 0. The van der Waals surface area contributed by atoms with E-state index < -0.39 is 10.9 Å². The van der Waals surface area contributed by atoms with Crippen LogP contribution < -0.4 is 3.88 Å². The van der Waals surface area contributed by atoms with Crippen molar-refractivity contribution in [2.45, 2.75) is 0 Å². The molecule has 0 saturated heterocycles. The maximum atomic E-state index is 5.70. The fraction of sp³-hybridized carbons (Fsp3) is 0. The first-order chi connectivity index (χ1) is 5.33. The molecule has 0 bridgehead atoms. The van der Waals surface area contributed by atoms with Gasteiger partial charge in [-0.25, -0.2) is 0 Å². The van der Waals surface area contributed by atoms with Crippen molar-refractivity contribution < 1.29 is 10.9 Å². The van der Waals surface area contributed by atoms with Crippen LogP contribution in [0.3, 0.4) is 0 Å². The number of para-hydroxylation sites is 1. The first kappa shape index (κ1) is 10.9. The Morgan fingerprint density at radius 2 is 1.42 bits per heavy atom. The van der Waals surface area contributed by atoms with E-state index in [0.29, 0.717) is 0 Å². The van der Waals surface area contributed by atoms with Crippen molar-refractivity contribution in [3.8, 4) is 0 Å². The van der Waals surface area contributed by atoms with Gasteiger partial charge in [0.15, 0.2) is 0 Å². The van der Waals surface area contributed by atoms with Crippen molar-refractivity contribution in [3.63, 3.8) is 0 Å². The summed E-state index contributed by atoms with van der Waals surface area (Å²) in [6.45, 7) is 0. The van der Waals surface area contributed by atoms with E-state index in [0.717, 1.165) is 5.69 Å². The van der Waals surface area contributed by atoms with Crippen molar-refractivity contribution >= 4 is 43.4 Å². The zero-order valence-electron chi connectivity index (χ0n) is 5.81. The summed E-state index contributed by atoms with van der Waals surface area (Å²) in [6.07, 6.45) is 0. The van der Waals surface area contributed by atoms with E-state index >= 15 is 0 Å². The van der Waals surface area contributed by atoms with Gasteiger partial charge in [0.05, 0.1) is 0 Å². The van der Waals surface area contributed by atoms with Gasteiger partial charge in [0, 0.05) is 0 Å². The van der Waals surface area contributed by atoms with Crippen molar-refractivity contribution in [1.29, 1.82) is 0 Å². The number of hydrogen-bond acceptors (Lipinski definition) is 1. The summed E-state index contributed by atoms with van der Waals surface area (Å²) in [4.78, 5) is 0. The van der Waals surface area contributed by atoms with Crippen LogP contribution in [0.25, 0.3) is 0 Å². The molecule has 0 fully saturated rings. The quantitative estimate of drug-likeness (QED) is 0.797. The van der Waals surface area contributed by atoms with E-state index in [9.17, 15) is 0 Å². The van der Waals surface area contributed by atoms with Gasteiger partial charge in [-0.3, -0.25) is 0 Å². The summed E-state index contributed by atoms with van der Waals surface area (Å²) in [6, 6.07) is 9.13. The van der Waals surface area contributed by atoms with Crippen molar-refractivity contribution in [3.05, 3.63) is 30.3 Å². The molecule has 0 aromatic heterocycles. The molecule has 0 aliphatic carbocycles. The fourth-order valence-electron chi connectivity index (χ4n) is 0.684. The molecule has 0 unspecified atom stereocenters. The molecule has 1 N–H and O–H groups in total. The number of hydrogen-bond donors (Lipinski definition) is 1. The second-order valence-corrected chi connectivity index (χ2v) is 26.1. The first-order valence-electron chi connectivity index (χ1n) is 2.98. The van der Waals surface area contributed by atoms with Gasteiger partial charge in [-0.1, -0.05) is 0 Å². The van der Waals surface area contributed by atoms with Gasteiger partial charge in [-0.15, -0.1) is 0 Å². The number of anilines is 1. The summed E-state index contributed by atoms with van der Waals surface area (Å²) in [5.41, 5.74) is 0.727. The topological polar surface area (TPSA) is 12.0 Å². The molecule has 1 aromatic carbocycles. The van der Waals surface area contributed by atoms with Crippen LogP contribution >= 0.6 is 37.7 Å². The predicted molar refractivity (Wildman–Crippen MR) is 53.5 cm³/mol. The Balaban J connectivity index is 2.79. The van der Waals surface area contributed by atoms with Crippen molar-refractivity contribution in [1.82, 2.24) is 0 Å². The third-order valence-corrected chi connectivity index (χ3v) is 4.21. The van der Waals surface area contributed by atoms with E-state index in [1.54, 1.807) is 12.1 Å². The van der Waals surface area contributed by atoms with Crippen molar-refractivity contribution in [2.75, 3.05) is 3.88 Å². The molecular formula is C6H6Cl4MoN. The Morgan fingerprint density at radius 1 is 0.917 bits per heavy atom. The van der Waals surface area contributed by atoms with Crippen LogP contribution in [0.4, 0.5) is 5.69 Å². The monoisotopic (exact) mass is 330 g/mol. The molecule has 0 spiro atoms. The maximum absolute atomic E-state index is 5.70. The van der Waals surface area contributed by atoms with Gasteiger partial charge >= 0.3 is 88.5 Å². The van der Waals surface area contributed by atoms with E-state index in [-0.39, 0.29) is 0 Å². The Labute approximate surface area is 87.8 Å². The van der Waals surface area contributed by atoms with E-state index in [4.69, 9.17) is 37.7 Å². The zero-order chi connectivity index (χ0) is 9.27. The third kappa shape index (κ3) is 4.79. The summed E-state index contributed by atoms with van der Waals surface area (Å²) in [5, 5.41) is 0. The molecule has 0 aliphatic rings. The number of halogens is 4. The Morgan fingerprint density at radius 3 is 1.83 bits per heavy atom. The SMILES string of the molecule is [Cl][Mo]([Cl])([Cl])([Cl])[NH]c1ccccc1. The molecule has 0 saturated carbocycles. The van der Waals surface area contributed by atoms with Crippen molar-refractivity contribution in [2.24, 2.45) is 0 Å². The number of nitrogens with one attached hydrogen (secondary N) is 1. The van der Waals surface area contributed by atoms with Crippen LogP contribution in [0.15, 0.2) is 30.3 Å². The van der Waals surface area contributed by atoms with Gasteiger partial charge in [-0.2, -0.15) is 0 Å². The molecule has 0 atom stereocenters. The minimum atomic E-state index is -4.37. The van der Waals surface area contributed by atoms with Gasteiger partial charge in [0.2, 0.25) is 0 Å². The van der Waals surface area contributed by atoms with E-state index in [1.807, 2.05) is 18.2 Å². The second kappa shape index (κ2) is 3.55. The summed E-state index contributed by atoms with van der Waals surface area (Å²) >= 11 is 0. The van der Waals surface area contributed by atoms with Crippen LogP contribution in [0, 0.1) is 0 Å². The first-order valence-corrected chi connectivity index (χ1v) is 14.3. The molecule has 1 aromatic rings. The second-order valence-electron chi connectivity index (χ2n) is 2.13. The van der Waals surface area contributed by atoms with Gasteiger partial charge in [0.25, 0.3) is 0 Å². The fourth-order valence-corrected chi connectivity index (χ4v) is 4.00. The normalized spacial score (nSPS) is 14.8. The van der Waals surface area contributed by atoms with E-state index in [2.05, 4.69) is 3.88 Å². The molecule has 1 rings (SSSR count).